The van der Waals surface area contributed by atoms with Crippen molar-refractivity contribution in [3.8, 4) is 0 Å². The predicted molar refractivity (Wildman–Crippen MR) is 72.8 cm³/mol. The molecule has 0 heteroatoms. The lowest BCUT2D eigenvalue weighted by molar-refractivity contribution is 1.31. The fourth-order valence-electron chi connectivity index (χ4n) is 2.34. The van der Waals surface area contributed by atoms with Gasteiger partial charge in [-0.2, -0.15) is 0 Å². The molecule has 0 N–H and O–H groups in total. The summed E-state index contributed by atoms with van der Waals surface area (Å²) in [4.78, 5) is 0. The van der Waals surface area contributed by atoms with Gasteiger partial charge < -0.3 is 0 Å². The summed E-state index contributed by atoms with van der Waals surface area (Å²) in [5.41, 5.74) is 8.06. The number of rotatable bonds is 1. The lowest BCUT2D eigenvalue weighted by Gasteiger charge is -2.09. The number of benzene rings is 2. The highest BCUT2D eigenvalue weighted by atomic mass is 14.2. The summed E-state index contributed by atoms with van der Waals surface area (Å²) in [6.07, 6.45) is 4.43. The minimum atomic E-state index is 1.30. The van der Waals surface area contributed by atoms with Crippen LogP contribution in [-0.4, -0.2) is 0 Å². The highest BCUT2D eigenvalue weighted by molar-refractivity contribution is 5.87. The first-order chi connectivity index (χ1) is 8.25. The Morgan fingerprint density at radius 1 is 0.824 bits per heavy atom. The molecule has 0 atom stereocenters. The number of allylic oxidation sites excluding steroid dienone is 1. The molecule has 1 radical (unpaired) electrons. The Morgan fingerprint density at radius 2 is 1.53 bits per heavy atom. The molecular formula is C17H15. The number of hydrogen-bond donors (Lipinski definition) is 0. The Hall–Kier alpha value is -1.82. The predicted octanol–water partition coefficient (Wildman–Crippen LogP) is 4.30. The molecule has 0 heterocycles. The molecule has 0 bridgehead atoms. The summed E-state index contributed by atoms with van der Waals surface area (Å²) >= 11 is 0. The van der Waals surface area contributed by atoms with Crippen molar-refractivity contribution in [2.45, 2.75) is 13.8 Å². The summed E-state index contributed by atoms with van der Waals surface area (Å²) in [5.74, 6) is 0. The summed E-state index contributed by atoms with van der Waals surface area (Å²) in [7, 11) is 0. The molecular weight excluding hydrogens is 204 g/mol. The maximum absolute atomic E-state index is 2.30. The third-order valence-electron chi connectivity index (χ3n) is 3.47. The molecule has 2 aromatic carbocycles. The lowest BCUT2D eigenvalue weighted by atomic mass is 9.95. The van der Waals surface area contributed by atoms with E-state index in [-0.39, 0.29) is 0 Å². The van der Waals surface area contributed by atoms with Crippen LogP contribution < -0.4 is 0 Å². The molecule has 1 aliphatic carbocycles. The van der Waals surface area contributed by atoms with E-state index in [0.29, 0.717) is 0 Å². The third-order valence-corrected chi connectivity index (χ3v) is 3.47. The van der Waals surface area contributed by atoms with Crippen LogP contribution in [-0.2, 0) is 0 Å². The van der Waals surface area contributed by atoms with Crippen LogP contribution in [0.5, 0.6) is 0 Å². The molecule has 1 aliphatic rings. The molecule has 0 unspecified atom stereocenters. The van der Waals surface area contributed by atoms with Crippen molar-refractivity contribution in [3.63, 3.8) is 0 Å². The van der Waals surface area contributed by atoms with Gasteiger partial charge in [-0.1, -0.05) is 48.5 Å². The molecule has 0 spiro atoms. The van der Waals surface area contributed by atoms with Crippen molar-refractivity contribution in [1.82, 2.24) is 0 Å². The number of fused-ring (bicyclic) bond motifs is 1. The van der Waals surface area contributed by atoms with Gasteiger partial charge in [-0.15, -0.1) is 0 Å². The normalized spacial score (nSPS) is 13.4. The molecule has 2 aromatic rings. The van der Waals surface area contributed by atoms with Crippen molar-refractivity contribution < 1.29 is 0 Å². The van der Waals surface area contributed by atoms with Crippen LogP contribution in [0.3, 0.4) is 0 Å². The Bertz CT molecular complexity index is 589. The lowest BCUT2D eigenvalue weighted by Crippen LogP contribution is -1.90. The molecule has 0 nitrogen and oxygen atoms in total. The standard InChI is InChI=1S/C17H15/c1-12-10-15-8-9-16(17(15)11-13(12)2)14-6-4-3-5-7-14/h3-11H,1-2H3. The van der Waals surface area contributed by atoms with E-state index in [2.05, 4.69) is 68.8 Å². The molecule has 0 saturated carbocycles. The van der Waals surface area contributed by atoms with Gasteiger partial charge in [-0.05, 0) is 47.2 Å². The van der Waals surface area contributed by atoms with Crippen LogP contribution in [0.25, 0.3) is 5.57 Å². The zero-order valence-electron chi connectivity index (χ0n) is 10.2. The first-order valence-electron chi connectivity index (χ1n) is 5.98. The zero-order valence-corrected chi connectivity index (χ0v) is 10.2. The first-order valence-corrected chi connectivity index (χ1v) is 5.98. The highest BCUT2D eigenvalue weighted by Gasteiger charge is 2.16. The van der Waals surface area contributed by atoms with Gasteiger partial charge >= 0.3 is 0 Å². The molecule has 3 rings (SSSR count). The Kier molecular flexibility index (Phi) is 2.36. The van der Waals surface area contributed by atoms with Crippen LogP contribution in [0.2, 0.25) is 0 Å². The first kappa shape index (κ1) is 10.3. The maximum atomic E-state index is 2.30. The molecule has 83 valence electrons. The van der Waals surface area contributed by atoms with Crippen molar-refractivity contribution in [3.05, 3.63) is 82.8 Å². The molecule has 0 fully saturated rings. The summed E-state index contributed by atoms with van der Waals surface area (Å²) in [6.45, 7) is 4.35. The van der Waals surface area contributed by atoms with E-state index in [4.69, 9.17) is 0 Å². The largest absolute Gasteiger partial charge is 0.0676 e. The van der Waals surface area contributed by atoms with E-state index in [1.807, 2.05) is 0 Å². The van der Waals surface area contributed by atoms with Crippen LogP contribution >= 0.6 is 0 Å². The fraction of sp³-hybridized carbons (Fsp3) is 0.118. The zero-order chi connectivity index (χ0) is 11.8. The second kappa shape index (κ2) is 3.89. The number of aryl methyl sites for hydroxylation is 2. The molecule has 0 amide bonds. The van der Waals surface area contributed by atoms with Gasteiger partial charge in [-0.3, -0.25) is 0 Å². The second-order valence-electron chi connectivity index (χ2n) is 4.64. The molecule has 0 aromatic heterocycles. The smallest absolute Gasteiger partial charge is 0.0138 e. The van der Waals surface area contributed by atoms with Gasteiger partial charge in [0.05, 0.1) is 0 Å². The monoisotopic (exact) mass is 219 g/mol. The maximum Gasteiger partial charge on any atom is 0.0138 e. The van der Waals surface area contributed by atoms with Gasteiger partial charge in [0.2, 0.25) is 0 Å². The number of hydrogen-bond acceptors (Lipinski definition) is 0. The van der Waals surface area contributed by atoms with Crippen LogP contribution in [0.15, 0.2) is 48.5 Å². The van der Waals surface area contributed by atoms with E-state index in [1.165, 1.54) is 33.4 Å². The minimum Gasteiger partial charge on any atom is -0.0676 e. The Morgan fingerprint density at radius 3 is 2.29 bits per heavy atom. The van der Waals surface area contributed by atoms with Gasteiger partial charge in [0.1, 0.15) is 0 Å². The fourth-order valence-corrected chi connectivity index (χ4v) is 2.34. The minimum absolute atomic E-state index is 1.30. The second-order valence-corrected chi connectivity index (χ2v) is 4.64. The van der Waals surface area contributed by atoms with E-state index < -0.39 is 0 Å². The van der Waals surface area contributed by atoms with E-state index in [9.17, 15) is 0 Å². The quantitative estimate of drug-likeness (QED) is 0.670. The van der Waals surface area contributed by atoms with Crippen LogP contribution in [0.1, 0.15) is 27.8 Å². The van der Waals surface area contributed by atoms with Crippen molar-refractivity contribution >= 4 is 5.57 Å². The van der Waals surface area contributed by atoms with Gasteiger partial charge in [0.25, 0.3) is 0 Å². The van der Waals surface area contributed by atoms with Gasteiger partial charge in [0.15, 0.2) is 0 Å². The summed E-state index contributed by atoms with van der Waals surface area (Å²) in [6, 6.07) is 15.2. The topological polar surface area (TPSA) is 0 Å². The van der Waals surface area contributed by atoms with Crippen molar-refractivity contribution in [2.75, 3.05) is 0 Å². The van der Waals surface area contributed by atoms with Crippen molar-refractivity contribution in [1.29, 1.82) is 0 Å². The molecule has 17 heavy (non-hydrogen) atoms. The average Bonchev–Trinajstić information content (AvgIpc) is 2.74. The van der Waals surface area contributed by atoms with Crippen molar-refractivity contribution in [2.24, 2.45) is 0 Å². The molecule has 0 saturated heterocycles. The average molecular weight is 219 g/mol. The van der Waals surface area contributed by atoms with Crippen LogP contribution in [0.4, 0.5) is 0 Å². The van der Waals surface area contributed by atoms with Gasteiger partial charge in [0, 0.05) is 6.42 Å². The summed E-state index contributed by atoms with van der Waals surface area (Å²) in [5, 5.41) is 0. The van der Waals surface area contributed by atoms with Gasteiger partial charge in [-0.25, -0.2) is 0 Å². The SMILES string of the molecule is Cc1cc2c(cc1C)C(c1ccccc1)=C[CH]2. The van der Waals surface area contributed by atoms with E-state index in [0.717, 1.165) is 0 Å². The Balaban J connectivity index is 2.12. The summed E-state index contributed by atoms with van der Waals surface area (Å²) < 4.78 is 0. The Labute approximate surface area is 103 Å². The van der Waals surface area contributed by atoms with E-state index >= 15 is 0 Å². The third kappa shape index (κ3) is 1.70. The van der Waals surface area contributed by atoms with E-state index in [1.54, 1.807) is 0 Å². The highest BCUT2D eigenvalue weighted by Crippen LogP contribution is 2.35. The molecule has 0 aliphatic heterocycles. The van der Waals surface area contributed by atoms with Crippen LogP contribution in [0, 0.1) is 20.3 Å².